The van der Waals surface area contributed by atoms with Gasteiger partial charge in [0.25, 0.3) is 5.69 Å². The molecule has 4 bridgehead atoms. The van der Waals surface area contributed by atoms with Crippen molar-refractivity contribution >= 4 is 23.6 Å². The lowest BCUT2D eigenvalue weighted by atomic mass is 9.49. The van der Waals surface area contributed by atoms with Gasteiger partial charge in [0.1, 0.15) is 0 Å². The molecule has 5 aliphatic rings. The zero-order chi connectivity index (χ0) is 17.9. The number of ether oxygens (including phenoxy) is 1. The molecule has 0 amide bonds. The van der Waals surface area contributed by atoms with Crippen LogP contribution in [0.2, 0.25) is 0 Å². The van der Waals surface area contributed by atoms with Gasteiger partial charge < -0.3 is 4.74 Å². The van der Waals surface area contributed by atoms with Crippen LogP contribution in [0.4, 0.5) is 5.69 Å². The molecule has 1 aromatic rings. The summed E-state index contributed by atoms with van der Waals surface area (Å²) >= 11 is 0. The molecule has 0 aromatic heterocycles. The number of hydrogen-bond donors (Lipinski definition) is 0. The van der Waals surface area contributed by atoms with E-state index in [2.05, 4.69) is 4.99 Å². The Morgan fingerprint density at radius 1 is 1.15 bits per heavy atom. The van der Waals surface area contributed by atoms with E-state index in [4.69, 9.17) is 4.74 Å². The average molecular weight is 352 g/mol. The molecule has 6 nitrogen and oxygen atoms in total. The topological polar surface area (TPSA) is 81.8 Å². The summed E-state index contributed by atoms with van der Waals surface area (Å²) in [6.45, 7) is 0. The zero-order valence-electron chi connectivity index (χ0n) is 14.4. The summed E-state index contributed by atoms with van der Waals surface area (Å²) in [5, 5.41) is 10.9. The van der Waals surface area contributed by atoms with Crippen molar-refractivity contribution < 1.29 is 14.5 Å². The van der Waals surface area contributed by atoms with Gasteiger partial charge in [-0.3, -0.25) is 10.1 Å². The Balaban J connectivity index is 1.47. The molecule has 134 valence electrons. The molecule has 4 saturated carbocycles. The number of hydrogen-bond acceptors (Lipinski definition) is 5. The van der Waals surface area contributed by atoms with E-state index in [-0.39, 0.29) is 16.8 Å². The van der Waals surface area contributed by atoms with Crippen LogP contribution in [0.1, 0.15) is 44.1 Å². The Bertz CT molecular complexity index is 835. The molecule has 0 unspecified atom stereocenters. The van der Waals surface area contributed by atoms with Crippen LogP contribution in [0.3, 0.4) is 0 Å². The number of cyclic esters (lactones) is 1. The van der Waals surface area contributed by atoms with Gasteiger partial charge >= 0.3 is 5.97 Å². The van der Waals surface area contributed by atoms with Gasteiger partial charge in [0.2, 0.25) is 5.90 Å². The number of esters is 1. The number of nitro groups is 1. The van der Waals surface area contributed by atoms with Gasteiger partial charge in [0.15, 0.2) is 5.70 Å². The summed E-state index contributed by atoms with van der Waals surface area (Å²) in [6, 6.07) is 6.21. The van der Waals surface area contributed by atoms with E-state index in [0.29, 0.717) is 11.5 Å². The SMILES string of the molecule is O=C1OC(C23CC4CC(CC(C4)C2)C3)=NC1=Cc1cccc([N+](=O)[O-])c1. The van der Waals surface area contributed by atoms with Crippen molar-refractivity contribution in [3.8, 4) is 0 Å². The van der Waals surface area contributed by atoms with Crippen molar-refractivity contribution in [3.05, 3.63) is 45.6 Å². The van der Waals surface area contributed by atoms with E-state index in [1.54, 1.807) is 18.2 Å². The first-order valence-corrected chi connectivity index (χ1v) is 9.28. The fourth-order valence-electron chi connectivity index (χ4n) is 5.89. The molecule has 26 heavy (non-hydrogen) atoms. The lowest BCUT2D eigenvalue weighted by Gasteiger charge is -2.55. The van der Waals surface area contributed by atoms with Crippen molar-refractivity contribution in [2.45, 2.75) is 38.5 Å². The van der Waals surface area contributed by atoms with Gasteiger partial charge in [-0.1, -0.05) is 12.1 Å². The van der Waals surface area contributed by atoms with Gasteiger partial charge in [0.05, 0.1) is 4.92 Å². The van der Waals surface area contributed by atoms with Crippen molar-refractivity contribution in [2.75, 3.05) is 0 Å². The number of rotatable bonds is 3. The molecule has 1 aliphatic heterocycles. The Kier molecular flexibility index (Phi) is 3.33. The van der Waals surface area contributed by atoms with Gasteiger partial charge in [-0.25, -0.2) is 9.79 Å². The number of aliphatic imine (C=N–C) groups is 1. The fourth-order valence-corrected chi connectivity index (χ4v) is 5.89. The maximum absolute atomic E-state index is 12.4. The Morgan fingerprint density at radius 3 is 2.42 bits per heavy atom. The number of benzene rings is 1. The van der Waals surface area contributed by atoms with Crippen LogP contribution in [0.5, 0.6) is 0 Å². The highest BCUT2D eigenvalue weighted by molar-refractivity contribution is 6.09. The molecule has 6 heteroatoms. The minimum atomic E-state index is -0.445. The number of nitro benzene ring substituents is 1. The molecule has 4 aliphatic carbocycles. The van der Waals surface area contributed by atoms with Crippen LogP contribution < -0.4 is 0 Å². The van der Waals surface area contributed by atoms with E-state index in [1.165, 1.54) is 31.4 Å². The van der Waals surface area contributed by atoms with Gasteiger partial charge in [0, 0.05) is 17.5 Å². The third kappa shape index (κ3) is 2.47. The number of non-ortho nitro benzene ring substituents is 1. The lowest BCUT2D eigenvalue weighted by Crippen LogP contribution is -2.50. The second-order valence-electron chi connectivity index (χ2n) is 8.39. The predicted molar refractivity (Wildman–Crippen MR) is 95.2 cm³/mol. The van der Waals surface area contributed by atoms with Gasteiger partial charge in [-0.2, -0.15) is 0 Å². The van der Waals surface area contributed by atoms with E-state index >= 15 is 0 Å². The smallest absolute Gasteiger partial charge is 0.363 e. The molecule has 1 heterocycles. The molecular formula is C20H20N2O4. The molecule has 0 N–H and O–H groups in total. The van der Waals surface area contributed by atoms with Crippen molar-refractivity contribution in [3.63, 3.8) is 0 Å². The normalized spacial score (nSPS) is 36.3. The molecule has 1 aromatic carbocycles. The summed E-state index contributed by atoms with van der Waals surface area (Å²) in [4.78, 5) is 27.4. The Labute approximate surface area is 151 Å². The van der Waals surface area contributed by atoms with Crippen LogP contribution in [0, 0.1) is 33.3 Å². The van der Waals surface area contributed by atoms with Crippen LogP contribution in [0.15, 0.2) is 35.0 Å². The molecule has 0 radical (unpaired) electrons. The molecular weight excluding hydrogens is 332 g/mol. The van der Waals surface area contributed by atoms with Crippen LogP contribution in [-0.2, 0) is 9.53 Å². The summed E-state index contributed by atoms with van der Waals surface area (Å²) in [6.07, 6.45) is 8.77. The standard InChI is InChI=1S/C20H20N2O4/c23-18-17(8-12-2-1-3-16(7-12)22(24)25)21-19(26-18)20-9-13-4-14(10-20)6-15(5-13)11-20/h1-3,7-8,13-15H,4-6,9-11H2. The second-order valence-corrected chi connectivity index (χ2v) is 8.39. The van der Waals surface area contributed by atoms with Crippen LogP contribution in [-0.4, -0.2) is 16.8 Å². The van der Waals surface area contributed by atoms with E-state index in [9.17, 15) is 14.9 Å². The monoisotopic (exact) mass is 352 g/mol. The highest BCUT2D eigenvalue weighted by Gasteiger charge is 2.55. The van der Waals surface area contributed by atoms with Crippen molar-refractivity contribution in [1.82, 2.24) is 0 Å². The summed E-state index contributed by atoms with van der Waals surface area (Å²) in [5.41, 5.74) is 0.761. The second kappa shape index (κ2) is 5.50. The highest BCUT2D eigenvalue weighted by atomic mass is 16.6. The number of carbonyl (C=O) groups is 1. The fraction of sp³-hybridized carbons (Fsp3) is 0.500. The lowest BCUT2D eigenvalue weighted by molar-refractivity contribution is -0.384. The van der Waals surface area contributed by atoms with Gasteiger partial charge in [-0.05, 0) is 67.9 Å². The van der Waals surface area contributed by atoms with Crippen molar-refractivity contribution in [1.29, 1.82) is 0 Å². The van der Waals surface area contributed by atoms with E-state index in [0.717, 1.165) is 37.0 Å². The van der Waals surface area contributed by atoms with E-state index < -0.39 is 10.9 Å². The average Bonchev–Trinajstić information content (AvgIpc) is 2.95. The molecule has 4 fully saturated rings. The van der Waals surface area contributed by atoms with Crippen molar-refractivity contribution in [2.24, 2.45) is 28.2 Å². The third-order valence-electron chi connectivity index (χ3n) is 6.50. The molecule has 0 atom stereocenters. The minimum absolute atomic E-state index is 0.00370. The third-order valence-corrected chi connectivity index (χ3v) is 6.50. The Morgan fingerprint density at radius 2 is 1.81 bits per heavy atom. The summed E-state index contributed by atoms with van der Waals surface area (Å²) in [7, 11) is 0. The molecule has 0 spiro atoms. The Hall–Kier alpha value is -2.50. The largest absolute Gasteiger partial charge is 0.406 e. The molecule has 0 saturated heterocycles. The first-order valence-electron chi connectivity index (χ1n) is 9.28. The minimum Gasteiger partial charge on any atom is -0.406 e. The molecule has 6 rings (SSSR count). The maximum Gasteiger partial charge on any atom is 0.363 e. The van der Waals surface area contributed by atoms with Crippen LogP contribution >= 0.6 is 0 Å². The summed E-state index contributed by atoms with van der Waals surface area (Å²) < 4.78 is 5.62. The first-order chi connectivity index (χ1) is 12.5. The maximum atomic E-state index is 12.4. The number of carbonyl (C=O) groups excluding carboxylic acids is 1. The highest BCUT2D eigenvalue weighted by Crippen LogP contribution is 2.61. The number of nitrogens with zero attached hydrogens (tertiary/aromatic N) is 2. The quantitative estimate of drug-likeness (QED) is 0.355. The van der Waals surface area contributed by atoms with Gasteiger partial charge in [-0.15, -0.1) is 0 Å². The van der Waals surface area contributed by atoms with Crippen LogP contribution in [0.25, 0.3) is 6.08 Å². The zero-order valence-corrected chi connectivity index (χ0v) is 14.4. The first kappa shape index (κ1) is 15.7. The predicted octanol–water partition coefficient (Wildman–Crippen LogP) is 4.11. The summed E-state index contributed by atoms with van der Waals surface area (Å²) in [5.74, 6) is 2.38. The van der Waals surface area contributed by atoms with E-state index in [1.807, 2.05) is 0 Å².